The Kier molecular flexibility index (Phi) is 5.87. The van der Waals surface area contributed by atoms with Gasteiger partial charge in [-0.3, -0.25) is 4.79 Å². The van der Waals surface area contributed by atoms with Crippen LogP contribution in [0.3, 0.4) is 0 Å². The highest BCUT2D eigenvalue weighted by Crippen LogP contribution is 2.28. The number of nitrogens with zero attached hydrogens (tertiary/aromatic N) is 2. The molecule has 0 aliphatic carbocycles. The van der Waals surface area contributed by atoms with Gasteiger partial charge in [0.15, 0.2) is 0 Å². The van der Waals surface area contributed by atoms with Gasteiger partial charge < -0.3 is 10.2 Å². The lowest BCUT2D eigenvalue weighted by atomic mass is 10.1. The lowest BCUT2D eigenvalue weighted by Crippen LogP contribution is -2.31. The molecule has 2 aliphatic rings. The van der Waals surface area contributed by atoms with Crippen LogP contribution in [0.5, 0.6) is 0 Å². The summed E-state index contributed by atoms with van der Waals surface area (Å²) in [6.45, 7) is 3.18. The molecular formula is C22H27N3O3S. The molecule has 1 N–H and O–H groups in total. The first-order chi connectivity index (χ1) is 14.0. The monoisotopic (exact) mass is 413 g/mol. The molecule has 2 aromatic carbocycles. The summed E-state index contributed by atoms with van der Waals surface area (Å²) in [4.78, 5) is 14.5. The summed E-state index contributed by atoms with van der Waals surface area (Å²) in [5.41, 5.74) is 5.02. The maximum Gasteiger partial charge on any atom is 0.221 e. The molecule has 2 heterocycles. The Morgan fingerprint density at radius 3 is 2.52 bits per heavy atom. The van der Waals surface area contributed by atoms with Crippen LogP contribution in [0.1, 0.15) is 29.5 Å². The van der Waals surface area contributed by atoms with Crippen molar-refractivity contribution in [3.8, 4) is 0 Å². The number of hydrogen-bond acceptors (Lipinski definition) is 4. The Labute approximate surface area is 172 Å². The van der Waals surface area contributed by atoms with Crippen LogP contribution in [0.2, 0.25) is 0 Å². The molecule has 1 saturated heterocycles. The highest BCUT2D eigenvalue weighted by Gasteiger charge is 2.28. The van der Waals surface area contributed by atoms with Crippen molar-refractivity contribution in [3.63, 3.8) is 0 Å². The van der Waals surface area contributed by atoms with Crippen molar-refractivity contribution in [3.05, 3.63) is 65.2 Å². The lowest BCUT2D eigenvalue weighted by molar-refractivity contribution is -0.121. The largest absolute Gasteiger partial charge is 0.367 e. The molecule has 0 saturated carbocycles. The van der Waals surface area contributed by atoms with Gasteiger partial charge in [0.05, 0.1) is 5.75 Å². The molecule has 0 spiro atoms. The van der Waals surface area contributed by atoms with E-state index in [1.54, 1.807) is 0 Å². The maximum atomic E-state index is 12.1. The standard InChI is InChI=1S/C22H27N3O3S/c26-22(11-14-25-12-3-15-29(25,27)28)23-16-18-6-8-19(9-7-18)17-24-13-10-20-4-1-2-5-21(20)24/h1-2,4-9H,3,10-17H2,(H,23,26). The van der Waals surface area contributed by atoms with E-state index in [4.69, 9.17) is 0 Å². The van der Waals surface area contributed by atoms with E-state index >= 15 is 0 Å². The van der Waals surface area contributed by atoms with Crippen molar-refractivity contribution in [1.29, 1.82) is 0 Å². The van der Waals surface area contributed by atoms with Gasteiger partial charge in [0.1, 0.15) is 0 Å². The van der Waals surface area contributed by atoms with Gasteiger partial charge in [0.25, 0.3) is 0 Å². The smallest absolute Gasteiger partial charge is 0.221 e. The Morgan fingerprint density at radius 2 is 1.76 bits per heavy atom. The van der Waals surface area contributed by atoms with Crippen molar-refractivity contribution in [2.75, 3.05) is 30.3 Å². The number of nitrogens with one attached hydrogen (secondary N) is 1. The number of hydrogen-bond donors (Lipinski definition) is 1. The first-order valence-electron chi connectivity index (χ1n) is 10.2. The molecule has 4 rings (SSSR count). The van der Waals surface area contributed by atoms with Gasteiger partial charge >= 0.3 is 0 Å². The van der Waals surface area contributed by atoms with Crippen LogP contribution in [-0.4, -0.2) is 44.0 Å². The fourth-order valence-corrected chi connectivity index (χ4v) is 5.54. The fraction of sp³-hybridized carbons (Fsp3) is 0.409. The van der Waals surface area contributed by atoms with Crippen molar-refractivity contribution in [2.24, 2.45) is 0 Å². The van der Waals surface area contributed by atoms with E-state index in [-0.39, 0.29) is 24.6 Å². The van der Waals surface area contributed by atoms with E-state index in [1.165, 1.54) is 21.1 Å². The van der Waals surface area contributed by atoms with Gasteiger partial charge in [-0.2, -0.15) is 0 Å². The Bertz CT molecular complexity index is 973. The van der Waals surface area contributed by atoms with E-state index < -0.39 is 10.0 Å². The minimum Gasteiger partial charge on any atom is -0.367 e. The highest BCUT2D eigenvalue weighted by molar-refractivity contribution is 7.89. The molecule has 0 radical (unpaired) electrons. The van der Waals surface area contributed by atoms with Crippen LogP contribution >= 0.6 is 0 Å². The second kappa shape index (κ2) is 8.55. The number of para-hydroxylation sites is 1. The molecule has 0 bridgehead atoms. The Balaban J connectivity index is 1.24. The number of rotatable bonds is 7. The molecular weight excluding hydrogens is 386 g/mol. The van der Waals surface area contributed by atoms with E-state index in [0.29, 0.717) is 19.5 Å². The lowest BCUT2D eigenvalue weighted by Gasteiger charge is -2.19. The van der Waals surface area contributed by atoms with Crippen LogP contribution in [-0.2, 0) is 34.3 Å². The molecule has 154 valence electrons. The zero-order valence-electron chi connectivity index (χ0n) is 16.5. The summed E-state index contributed by atoms with van der Waals surface area (Å²) >= 11 is 0. The molecule has 2 aliphatic heterocycles. The molecule has 7 heteroatoms. The summed E-state index contributed by atoms with van der Waals surface area (Å²) in [6.07, 6.45) is 1.95. The summed E-state index contributed by atoms with van der Waals surface area (Å²) in [5, 5.41) is 2.89. The van der Waals surface area contributed by atoms with E-state index in [0.717, 1.165) is 25.1 Å². The Hall–Kier alpha value is -2.38. The summed E-state index contributed by atoms with van der Waals surface area (Å²) < 4.78 is 25.0. The molecule has 0 aromatic heterocycles. The molecule has 0 unspecified atom stereocenters. The normalized spacial score (nSPS) is 18.0. The van der Waals surface area contributed by atoms with Crippen LogP contribution in [0, 0.1) is 0 Å². The van der Waals surface area contributed by atoms with Crippen molar-refractivity contribution >= 4 is 21.6 Å². The zero-order valence-corrected chi connectivity index (χ0v) is 17.3. The first-order valence-corrected chi connectivity index (χ1v) is 11.8. The number of carbonyl (C=O) groups is 1. The van der Waals surface area contributed by atoms with Gasteiger partial charge in [0, 0.05) is 44.8 Å². The third-order valence-electron chi connectivity index (χ3n) is 5.66. The summed E-state index contributed by atoms with van der Waals surface area (Å²) in [6, 6.07) is 16.9. The second-order valence-electron chi connectivity index (χ2n) is 7.71. The van der Waals surface area contributed by atoms with Crippen LogP contribution in [0.25, 0.3) is 0 Å². The summed E-state index contributed by atoms with van der Waals surface area (Å²) in [7, 11) is -3.13. The van der Waals surface area contributed by atoms with E-state index in [2.05, 4.69) is 46.6 Å². The minimum absolute atomic E-state index is 0.121. The predicted molar refractivity (Wildman–Crippen MR) is 114 cm³/mol. The second-order valence-corrected chi connectivity index (χ2v) is 9.80. The quantitative estimate of drug-likeness (QED) is 0.756. The van der Waals surface area contributed by atoms with Gasteiger partial charge in [-0.25, -0.2) is 12.7 Å². The Morgan fingerprint density at radius 1 is 1.00 bits per heavy atom. The topological polar surface area (TPSA) is 69.7 Å². The van der Waals surface area contributed by atoms with Crippen LogP contribution < -0.4 is 10.2 Å². The molecule has 1 fully saturated rings. The van der Waals surface area contributed by atoms with Crippen LogP contribution in [0.4, 0.5) is 5.69 Å². The van der Waals surface area contributed by atoms with Crippen LogP contribution in [0.15, 0.2) is 48.5 Å². The molecule has 0 atom stereocenters. The first kappa shape index (κ1) is 19.9. The third kappa shape index (κ3) is 4.79. The number of sulfonamides is 1. The molecule has 1 amide bonds. The zero-order chi connectivity index (χ0) is 20.3. The average Bonchev–Trinajstić information content (AvgIpc) is 3.28. The highest BCUT2D eigenvalue weighted by atomic mass is 32.2. The molecule has 2 aromatic rings. The van der Waals surface area contributed by atoms with Gasteiger partial charge in [-0.15, -0.1) is 0 Å². The van der Waals surface area contributed by atoms with E-state index in [1.807, 2.05) is 12.1 Å². The summed E-state index contributed by atoms with van der Waals surface area (Å²) in [5.74, 6) is 0.0779. The van der Waals surface area contributed by atoms with Gasteiger partial charge in [-0.1, -0.05) is 42.5 Å². The molecule has 29 heavy (non-hydrogen) atoms. The number of anilines is 1. The van der Waals surface area contributed by atoms with Crippen molar-refractivity contribution in [2.45, 2.75) is 32.4 Å². The number of carbonyl (C=O) groups excluding carboxylic acids is 1. The third-order valence-corrected chi connectivity index (χ3v) is 7.62. The molecule has 6 nitrogen and oxygen atoms in total. The SMILES string of the molecule is O=C(CCN1CCCS1(=O)=O)NCc1ccc(CN2CCc3ccccc32)cc1. The van der Waals surface area contributed by atoms with Gasteiger partial charge in [0.2, 0.25) is 15.9 Å². The minimum atomic E-state index is -3.13. The van der Waals surface area contributed by atoms with E-state index in [9.17, 15) is 13.2 Å². The predicted octanol–water partition coefficient (Wildman–Crippen LogP) is 2.29. The number of benzene rings is 2. The maximum absolute atomic E-state index is 12.1. The van der Waals surface area contributed by atoms with Crippen molar-refractivity contribution < 1.29 is 13.2 Å². The van der Waals surface area contributed by atoms with Crippen molar-refractivity contribution in [1.82, 2.24) is 9.62 Å². The van der Waals surface area contributed by atoms with Gasteiger partial charge in [-0.05, 0) is 35.6 Å². The number of fused-ring (bicyclic) bond motifs is 1. The number of amides is 1. The average molecular weight is 414 g/mol. The fourth-order valence-electron chi connectivity index (χ4n) is 4.01.